The molecule has 84 valence electrons. The molecule has 0 bridgehead atoms. The smallest absolute Gasteiger partial charge is 0.311 e. The monoisotopic (exact) mass is 212 g/mol. The fourth-order valence-corrected chi connectivity index (χ4v) is 0.813. The van der Waals surface area contributed by atoms with Gasteiger partial charge in [0, 0.05) is 0 Å². The summed E-state index contributed by atoms with van der Waals surface area (Å²) in [6.45, 7) is 3.65. The molecule has 0 heterocycles. The lowest BCUT2D eigenvalue weighted by Gasteiger charge is -2.01. The van der Waals surface area contributed by atoms with E-state index in [9.17, 15) is 9.59 Å². The van der Waals surface area contributed by atoms with Crippen LogP contribution in [0.15, 0.2) is 24.0 Å². The predicted molar refractivity (Wildman–Crippen MR) is 56.1 cm³/mol. The molecular weight excluding hydrogens is 196 g/mol. The van der Waals surface area contributed by atoms with Gasteiger partial charge < -0.3 is 9.84 Å². The summed E-state index contributed by atoms with van der Waals surface area (Å²) < 4.78 is 4.85. The number of hydrogen-bond acceptors (Lipinski definition) is 3. The average Bonchev–Trinajstić information content (AvgIpc) is 2.15. The Balaban J connectivity index is 3.90. The van der Waals surface area contributed by atoms with Gasteiger partial charge in [0.2, 0.25) is 0 Å². The van der Waals surface area contributed by atoms with E-state index in [0.717, 1.165) is 6.42 Å². The molecule has 0 atom stereocenters. The largest absolute Gasteiger partial charge is 0.481 e. The van der Waals surface area contributed by atoms with Gasteiger partial charge in [0.1, 0.15) is 5.76 Å². The van der Waals surface area contributed by atoms with Crippen molar-refractivity contribution in [2.75, 3.05) is 0 Å². The van der Waals surface area contributed by atoms with Crippen LogP contribution in [0.5, 0.6) is 0 Å². The van der Waals surface area contributed by atoms with E-state index in [1.807, 2.05) is 13.0 Å². The number of ether oxygens (including phenoxy) is 1. The zero-order valence-corrected chi connectivity index (χ0v) is 9.03. The maximum Gasteiger partial charge on any atom is 0.311 e. The van der Waals surface area contributed by atoms with Gasteiger partial charge in [0.05, 0.1) is 12.8 Å². The Labute approximate surface area is 89.2 Å². The maximum absolute atomic E-state index is 11.0. The van der Waals surface area contributed by atoms with E-state index in [4.69, 9.17) is 9.84 Å². The molecule has 4 heteroatoms. The van der Waals surface area contributed by atoms with Gasteiger partial charge in [-0.3, -0.25) is 9.59 Å². The Kier molecular flexibility index (Phi) is 6.97. The first kappa shape index (κ1) is 13.4. The quantitative estimate of drug-likeness (QED) is 0.416. The zero-order valence-electron chi connectivity index (χ0n) is 9.03. The van der Waals surface area contributed by atoms with E-state index >= 15 is 0 Å². The second-order valence-electron chi connectivity index (χ2n) is 2.98. The summed E-state index contributed by atoms with van der Waals surface area (Å²) in [6.07, 6.45) is 6.00. The molecule has 1 N–H and O–H groups in total. The van der Waals surface area contributed by atoms with Gasteiger partial charge in [0.25, 0.3) is 0 Å². The number of carbonyl (C=O) groups is 2. The number of hydrogen-bond donors (Lipinski definition) is 1. The van der Waals surface area contributed by atoms with Gasteiger partial charge in [-0.25, -0.2) is 0 Å². The normalized spacial score (nSPS) is 11.7. The number of carbonyl (C=O) groups excluding carboxylic acids is 1. The molecule has 15 heavy (non-hydrogen) atoms. The van der Waals surface area contributed by atoms with Crippen LogP contribution < -0.4 is 0 Å². The molecule has 0 spiro atoms. The third-order valence-corrected chi connectivity index (χ3v) is 1.52. The van der Waals surface area contributed by atoms with Gasteiger partial charge >= 0.3 is 11.9 Å². The number of rotatable bonds is 6. The van der Waals surface area contributed by atoms with Crippen molar-refractivity contribution < 1.29 is 19.4 Å². The Morgan fingerprint density at radius 2 is 2.00 bits per heavy atom. The Bertz CT molecular complexity index is 276. The number of esters is 1. The van der Waals surface area contributed by atoms with Crippen LogP contribution in [-0.4, -0.2) is 17.0 Å². The Morgan fingerprint density at radius 1 is 1.33 bits per heavy atom. The van der Waals surface area contributed by atoms with Gasteiger partial charge in [-0.15, -0.1) is 0 Å². The minimum absolute atomic E-state index is 0.0992. The minimum atomic E-state index is -1.00. The van der Waals surface area contributed by atoms with Gasteiger partial charge in [-0.1, -0.05) is 19.1 Å². The first-order valence-corrected chi connectivity index (χ1v) is 4.82. The van der Waals surface area contributed by atoms with Crippen LogP contribution in [0.3, 0.4) is 0 Å². The lowest BCUT2D eigenvalue weighted by atomic mass is 10.3. The van der Waals surface area contributed by atoms with Crippen molar-refractivity contribution in [3.8, 4) is 0 Å². The topological polar surface area (TPSA) is 63.6 Å². The lowest BCUT2D eigenvalue weighted by Crippen LogP contribution is -2.06. The molecule has 0 amide bonds. The van der Waals surface area contributed by atoms with Crippen molar-refractivity contribution in [1.82, 2.24) is 0 Å². The summed E-state index contributed by atoms with van der Waals surface area (Å²) in [5, 5.41) is 8.34. The van der Waals surface area contributed by atoms with E-state index in [-0.39, 0.29) is 12.8 Å². The van der Waals surface area contributed by atoms with E-state index in [2.05, 4.69) is 0 Å². The van der Waals surface area contributed by atoms with Gasteiger partial charge in [-0.05, 0) is 19.4 Å². The van der Waals surface area contributed by atoms with Gasteiger partial charge in [-0.2, -0.15) is 0 Å². The summed E-state index contributed by atoms with van der Waals surface area (Å²) in [5.41, 5.74) is 0. The van der Waals surface area contributed by atoms with Crippen molar-refractivity contribution >= 4 is 11.9 Å². The highest BCUT2D eigenvalue weighted by Crippen LogP contribution is 2.01. The standard InChI is InChI=1S/C11H16O4/c1-3-4-5-6-9(2)15-11(14)8-7-10(12)13/h4-6H,3,7-8H2,1-2H3,(H,12,13). The molecule has 0 radical (unpaired) electrons. The molecule has 0 aromatic rings. The predicted octanol–water partition coefficient (Wildman–Crippen LogP) is 2.26. The number of carboxylic acid groups (broad SMARTS) is 1. The van der Waals surface area contributed by atoms with Crippen molar-refractivity contribution in [3.63, 3.8) is 0 Å². The summed E-state index contributed by atoms with van der Waals surface area (Å²) in [4.78, 5) is 21.2. The molecule has 0 unspecified atom stereocenters. The zero-order chi connectivity index (χ0) is 11.7. The van der Waals surface area contributed by atoms with Crippen LogP contribution in [-0.2, 0) is 14.3 Å². The second kappa shape index (κ2) is 7.79. The molecule has 0 saturated carbocycles. The lowest BCUT2D eigenvalue weighted by molar-refractivity contribution is -0.144. The van der Waals surface area contributed by atoms with Crippen LogP contribution >= 0.6 is 0 Å². The van der Waals surface area contributed by atoms with Crippen LogP contribution in [0.4, 0.5) is 0 Å². The molecular formula is C11H16O4. The summed E-state index contributed by atoms with van der Waals surface area (Å²) >= 11 is 0. The van der Waals surface area contributed by atoms with Crippen molar-refractivity contribution in [3.05, 3.63) is 24.0 Å². The first-order valence-electron chi connectivity index (χ1n) is 4.82. The molecule has 0 aliphatic carbocycles. The summed E-state index contributed by atoms with van der Waals surface area (Å²) in [7, 11) is 0. The van der Waals surface area contributed by atoms with E-state index in [0.29, 0.717) is 5.76 Å². The molecule has 0 aromatic carbocycles. The first-order chi connectivity index (χ1) is 7.06. The summed E-state index contributed by atoms with van der Waals surface area (Å²) in [6, 6.07) is 0. The highest BCUT2D eigenvalue weighted by molar-refractivity contribution is 5.77. The van der Waals surface area contributed by atoms with Crippen molar-refractivity contribution in [2.45, 2.75) is 33.1 Å². The summed E-state index contributed by atoms with van der Waals surface area (Å²) in [5.74, 6) is -1.05. The van der Waals surface area contributed by atoms with E-state index < -0.39 is 11.9 Å². The Hall–Kier alpha value is -1.58. The third-order valence-electron chi connectivity index (χ3n) is 1.52. The van der Waals surface area contributed by atoms with E-state index in [1.165, 1.54) is 0 Å². The van der Waals surface area contributed by atoms with Crippen molar-refractivity contribution in [1.29, 1.82) is 0 Å². The van der Waals surface area contributed by atoms with Crippen LogP contribution in [0.2, 0.25) is 0 Å². The molecule has 0 fully saturated rings. The number of allylic oxidation sites excluding steroid dienone is 4. The number of carboxylic acids is 1. The molecule has 0 aromatic heterocycles. The second-order valence-corrected chi connectivity index (χ2v) is 2.98. The molecule has 0 aliphatic heterocycles. The highest BCUT2D eigenvalue weighted by Gasteiger charge is 2.06. The number of aliphatic carboxylic acids is 1. The highest BCUT2D eigenvalue weighted by atomic mass is 16.5. The Morgan fingerprint density at radius 3 is 2.53 bits per heavy atom. The van der Waals surface area contributed by atoms with Crippen LogP contribution in [0.1, 0.15) is 33.1 Å². The fourth-order valence-electron chi connectivity index (χ4n) is 0.813. The average molecular weight is 212 g/mol. The molecule has 0 aliphatic rings. The van der Waals surface area contributed by atoms with Crippen molar-refractivity contribution in [2.24, 2.45) is 0 Å². The maximum atomic E-state index is 11.0. The molecule has 4 nitrogen and oxygen atoms in total. The molecule has 0 saturated heterocycles. The SMILES string of the molecule is CCC=CC=C(C)OC(=O)CCC(=O)O. The fraction of sp³-hybridized carbons (Fsp3) is 0.455. The minimum Gasteiger partial charge on any atom is -0.481 e. The molecule has 0 rings (SSSR count). The van der Waals surface area contributed by atoms with Crippen LogP contribution in [0, 0.1) is 0 Å². The van der Waals surface area contributed by atoms with Gasteiger partial charge in [0.15, 0.2) is 0 Å². The van der Waals surface area contributed by atoms with Crippen LogP contribution in [0.25, 0.3) is 0 Å². The third kappa shape index (κ3) is 8.74. The van der Waals surface area contributed by atoms with E-state index in [1.54, 1.807) is 19.1 Å².